The van der Waals surface area contributed by atoms with Gasteiger partial charge in [0.15, 0.2) is 5.69 Å². The van der Waals surface area contributed by atoms with Gasteiger partial charge in [-0.3, -0.25) is 4.68 Å². The minimum Gasteiger partial charge on any atom is -0.476 e. The number of aromatic nitrogens is 2. The molecule has 104 valence electrons. The molecule has 0 spiro atoms. The number of carboxylic acid groups (broad SMARTS) is 1. The van der Waals surface area contributed by atoms with E-state index in [2.05, 4.69) is 5.10 Å². The van der Waals surface area contributed by atoms with Crippen molar-refractivity contribution in [1.82, 2.24) is 9.78 Å². The fourth-order valence-corrected chi connectivity index (χ4v) is 1.94. The third-order valence-corrected chi connectivity index (χ3v) is 3.82. The minimum atomic E-state index is -1.05. The molecule has 1 fully saturated rings. The SMILES string of the molecule is CCn1nc(C(=O)O)cc1B1OC(C)(C)C(C)(C)O1. The van der Waals surface area contributed by atoms with Gasteiger partial charge in [0.25, 0.3) is 0 Å². The average molecular weight is 266 g/mol. The van der Waals surface area contributed by atoms with Crippen LogP contribution in [0, 0.1) is 0 Å². The molecule has 1 aliphatic rings. The molecule has 7 heteroatoms. The van der Waals surface area contributed by atoms with Gasteiger partial charge in [0, 0.05) is 6.54 Å². The maximum Gasteiger partial charge on any atom is 0.514 e. The van der Waals surface area contributed by atoms with E-state index in [1.807, 2.05) is 34.6 Å². The molecule has 1 aromatic heterocycles. The zero-order valence-electron chi connectivity index (χ0n) is 11.9. The lowest BCUT2D eigenvalue weighted by molar-refractivity contribution is 0.00578. The van der Waals surface area contributed by atoms with Gasteiger partial charge in [0.2, 0.25) is 0 Å². The summed E-state index contributed by atoms with van der Waals surface area (Å²) in [5, 5.41) is 13.0. The van der Waals surface area contributed by atoms with Crippen LogP contribution in [0.25, 0.3) is 0 Å². The van der Waals surface area contributed by atoms with Crippen LogP contribution in [0.4, 0.5) is 0 Å². The molecule has 0 atom stereocenters. The van der Waals surface area contributed by atoms with Crippen molar-refractivity contribution in [2.24, 2.45) is 0 Å². The van der Waals surface area contributed by atoms with E-state index in [1.165, 1.54) is 6.07 Å². The average Bonchev–Trinajstić information content (AvgIpc) is 2.78. The van der Waals surface area contributed by atoms with Crippen molar-refractivity contribution in [2.75, 3.05) is 0 Å². The zero-order chi connectivity index (χ0) is 14.4. The molecule has 1 aliphatic heterocycles. The Labute approximate surface area is 112 Å². The Morgan fingerprint density at radius 1 is 1.37 bits per heavy atom. The lowest BCUT2D eigenvalue weighted by Gasteiger charge is -2.32. The van der Waals surface area contributed by atoms with Crippen LogP contribution in [-0.4, -0.2) is 39.2 Å². The van der Waals surface area contributed by atoms with E-state index in [9.17, 15) is 4.79 Å². The Morgan fingerprint density at radius 2 is 1.89 bits per heavy atom. The highest BCUT2D eigenvalue weighted by Crippen LogP contribution is 2.36. The van der Waals surface area contributed by atoms with Crippen molar-refractivity contribution >= 4 is 18.7 Å². The second-order valence-corrected chi connectivity index (χ2v) is 5.66. The van der Waals surface area contributed by atoms with Gasteiger partial charge in [0.1, 0.15) is 0 Å². The predicted octanol–water partition coefficient (Wildman–Crippen LogP) is 0.900. The summed E-state index contributed by atoms with van der Waals surface area (Å²) in [5.74, 6) is -1.05. The van der Waals surface area contributed by atoms with Crippen molar-refractivity contribution in [1.29, 1.82) is 0 Å². The van der Waals surface area contributed by atoms with E-state index in [0.29, 0.717) is 12.1 Å². The molecule has 0 radical (unpaired) electrons. The van der Waals surface area contributed by atoms with E-state index < -0.39 is 24.3 Å². The number of hydrogen-bond acceptors (Lipinski definition) is 4. The first-order valence-electron chi connectivity index (χ1n) is 6.34. The Morgan fingerprint density at radius 3 is 2.32 bits per heavy atom. The van der Waals surface area contributed by atoms with Crippen LogP contribution in [0.1, 0.15) is 45.1 Å². The summed E-state index contributed by atoms with van der Waals surface area (Å²) in [7, 11) is -0.592. The van der Waals surface area contributed by atoms with E-state index in [4.69, 9.17) is 14.4 Å². The molecule has 1 saturated heterocycles. The first-order chi connectivity index (χ1) is 8.68. The summed E-state index contributed by atoms with van der Waals surface area (Å²) in [6.45, 7) is 10.3. The molecule has 2 heterocycles. The third kappa shape index (κ3) is 2.28. The molecular weight excluding hydrogens is 247 g/mol. The Hall–Kier alpha value is -1.34. The van der Waals surface area contributed by atoms with Crippen molar-refractivity contribution in [3.05, 3.63) is 11.8 Å². The van der Waals surface area contributed by atoms with Gasteiger partial charge in [-0.1, -0.05) is 0 Å². The largest absolute Gasteiger partial charge is 0.514 e. The smallest absolute Gasteiger partial charge is 0.476 e. The summed E-state index contributed by atoms with van der Waals surface area (Å²) in [4.78, 5) is 11.0. The van der Waals surface area contributed by atoms with Crippen molar-refractivity contribution in [2.45, 2.75) is 52.4 Å². The number of aryl methyl sites for hydroxylation is 1. The van der Waals surface area contributed by atoms with E-state index in [0.717, 1.165) is 0 Å². The fraction of sp³-hybridized carbons (Fsp3) is 0.667. The molecule has 1 aromatic rings. The van der Waals surface area contributed by atoms with Gasteiger partial charge in [0.05, 0.1) is 16.8 Å². The second-order valence-electron chi connectivity index (χ2n) is 5.66. The molecule has 1 N–H and O–H groups in total. The zero-order valence-corrected chi connectivity index (χ0v) is 11.9. The van der Waals surface area contributed by atoms with Crippen molar-refractivity contribution in [3.63, 3.8) is 0 Å². The van der Waals surface area contributed by atoms with Crippen LogP contribution in [0.15, 0.2) is 6.07 Å². The molecule has 0 aromatic carbocycles. The molecule has 2 rings (SSSR count). The highest BCUT2D eigenvalue weighted by atomic mass is 16.7. The number of carboxylic acids is 1. The lowest BCUT2D eigenvalue weighted by atomic mass is 9.84. The monoisotopic (exact) mass is 266 g/mol. The molecular formula is C12H19BN2O4. The van der Waals surface area contributed by atoms with Crippen LogP contribution in [-0.2, 0) is 15.9 Å². The highest BCUT2D eigenvalue weighted by molar-refractivity contribution is 6.61. The predicted molar refractivity (Wildman–Crippen MR) is 70.6 cm³/mol. The van der Waals surface area contributed by atoms with Crippen LogP contribution in [0.5, 0.6) is 0 Å². The van der Waals surface area contributed by atoms with Gasteiger partial charge in [-0.25, -0.2) is 4.79 Å². The molecule has 19 heavy (non-hydrogen) atoms. The summed E-state index contributed by atoms with van der Waals surface area (Å²) >= 11 is 0. The summed E-state index contributed by atoms with van der Waals surface area (Å²) in [6.07, 6.45) is 0. The van der Waals surface area contributed by atoms with Gasteiger partial charge in [-0.15, -0.1) is 0 Å². The topological polar surface area (TPSA) is 73.6 Å². The minimum absolute atomic E-state index is 0.00608. The molecule has 6 nitrogen and oxygen atoms in total. The number of carbonyl (C=O) groups is 1. The van der Waals surface area contributed by atoms with Gasteiger partial charge in [-0.2, -0.15) is 5.10 Å². The van der Waals surface area contributed by atoms with Gasteiger partial charge < -0.3 is 14.4 Å². The maximum atomic E-state index is 11.0. The Balaban J connectivity index is 2.36. The maximum absolute atomic E-state index is 11.0. The third-order valence-electron chi connectivity index (χ3n) is 3.82. The number of aromatic carboxylic acids is 1. The normalized spacial score (nSPS) is 20.8. The Bertz CT molecular complexity index is 494. The first kappa shape index (κ1) is 14.1. The summed E-state index contributed by atoms with van der Waals surface area (Å²) < 4.78 is 13.4. The fourth-order valence-electron chi connectivity index (χ4n) is 1.94. The Kier molecular flexibility index (Phi) is 3.22. The van der Waals surface area contributed by atoms with Crippen LogP contribution >= 0.6 is 0 Å². The first-order valence-corrected chi connectivity index (χ1v) is 6.34. The van der Waals surface area contributed by atoms with Gasteiger partial charge in [-0.05, 0) is 40.7 Å². The molecule has 0 amide bonds. The van der Waals surface area contributed by atoms with Crippen molar-refractivity contribution in [3.8, 4) is 0 Å². The molecule has 0 saturated carbocycles. The van der Waals surface area contributed by atoms with E-state index in [-0.39, 0.29) is 5.69 Å². The standard InChI is InChI=1S/C12H19BN2O4/c1-6-15-9(7-8(14-15)10(16)17)13-18-11(2,3)12(4,5)19-13/h7H,6H2,1-5H3,(H,16,17). The van der Waals surface area contributed by atoms with Crippen LogP contribution < -0.4 is 5.59 Å². The summed E-state index contributed by atoms with van der Waals surface area (Å²) in [5.41, 5.74) is -0.265. The van der Waals surface area contributed by atoms with Gasteiger partial charge >= 0.3 is 13.1 Å². The van der Waals surface area contributed by atoms with Crippen LogP contribution in [0.3, 0.4) is 0 Å². The van der Waals surface area contributed by atoms with E-state index >= 15 is 0 Å². The quantitative estimate of drug-likeness (QED) is 0.823. The molecule has 0 bridgehead atoms. The van der Waals surface area contributed by atoms with Crippen molar-refractivity contribution < 1.29 is 19.2 Å². The van der Waals surface area contributed by atoms with E-state index in [1.54, 1.807) is 4.68 Å². The summed E-state index contributed by atoms with van der Waals surface area (Å²) in [6, 6.07) is 1.51. The number of rotatable bonds is 3. The number of hydrogen-bond donors (Lipinski definition) is 1. The molecule has 0 unspecified atom stereocenters. The lowest BCUT2D eigenvalue weighted by Crippen LogP contribution is -2.41. The highest BCUT2D eigenvalue weighted by Gasteiger charge is 2.53. The molecule has 0 aliphatic carbocycles. The second kappa shape index (κ2) is 4.35. The number of nitrogens with zero attached hydrogens (tertiary/aromatic N) is 2. The van der Waals surface area contributed by atoms with Crippen LogP contribution in [0.2, 0.25) is 0 Å².